The highest BCUT2D eigenvalue weighted by Gasteiger charge is 2.41. The van der Waals surface area contributed by atoms with Crippen molar-refractivity contribution in [2.24, 2.45) is 5.92 Å². The van der Waals surface area contributed by atoms with Gasteiger partial charge in [-0.25, -0.2) is 4.79 Å². The molecule has 2 rings (SSSR count). The van der Waals surface area contributed by atoms with Gasteiger partial charge >= 0.3 is 5.69 Å². The van der Waals surface area contributed by atoms with Gasteiger partial charge in [0.25, 0.3) is 5.56 Å². The van der Waals surface area contributed by atoms with Gasteiger partial charge in [0.2, 0.25) is 0 Å². The van der Waals surface area contributed by atoms with Crippen molar-refractivity contribution >= 4 is 8.32 Å². The number of ether oxygens (including phenoxy) is 1. The number of aromatic amines is 1. The molecule has 0 aliphatic carbocycles. The fraction of sp³-hybridized carbons (Fsp3) is 0.684. The molecular formula is C19H32N2O4Si. The Hall–Kier alpha value is -1.44. The molecule has 1 saturated heterocycles. The second-order valence-corrected chi connectivity index (χ2v) is 13.5. The largest absolute Gasteiger partial charge is 0.414 e. The SMILES string of the molecule is C=CCC1CC(n2cc(C)c(=O)[nH]c2=O)OC1CO[Si](C)(C)C(C)(C)C. The molecule has 1 aliphatic rings. The summed E-state index contributed by atoms with van der Waals surface area (Å²) in [6.07, 6.45) is 4.48. The molecule has 1 fully saturated rings. The van der Waals surface area contributed by atoms with Gasteiger partial charge in [-0.1, -0.05) is 26.8 Å². The molecule has 0 amide bonds. The summed E-state index contributed by atoms with van der Waals surface area (Å²) in [7, 11) is -1.88. The Balaban J connectivity index is 2.18. The predicted molar refractivity (Wildman–Crippen MR) is 106 cm³/mol. The van der Waals surface area contributed by atoms with E-state index in [2.05, 4.69) is 45.4 Å². The lowest BCUT2D eigenvalue weighted by molar-refractivity contribution is -0.0298. The summed E-state index contributed by atoms with van der Waals surface area (Å²) in [5.74, 6) is 0.237. The Morgan fingerprint density at radius 2 is 2.08 bits per heavy atom. The smallest absolute Gasteiger partial charge is 0.330 e. The van der Waals surface area contributed by atoms with Crippen molar-refractivity contribution in [1.29, 1.82) is 0 Å². The standard InChI is InChI=1S/C19H32N2O4Si/c1-8-9-14-10-16(21-11-13(2)17(22)20-18(21)23)25-15(14)12-24-26(6,7)19(3,4)5/h8,11,14-16H,1,9-10,12H2,2-7H3,(H,20,22,23). The topological polar surface area (TPSA) is 73.3 Å². The Kier molecular flexibility index (Phi) is 6.15. The van der Waals surface area contributed by atoms with Gasteiger partial charge in [0.1, 0.15) is 6.23 Å². The lowest BCUT2D eigenvalue weighted by Gasteiger charge is -2.37. The van der Waals surface area contributed by atoms with Gasteiger partial charge in [0.05, 0.1) is 12.7 Å². The van der Waals surface area contributed by atoms with E-state index < -0.39 is 20.2 Å². The zero-order chi connectivity index (χ0) is 19.7. The molecule has 1 aromatic rings. The van der Waals surface area contributed by atoms with Crippen molar-refractivity contribution in [3.63, 3.8) is 0 Å². The summed E-state index contributed by atoms with van der Waals surface area (Å²) in [5.41, 5.74) is -0.298. The van der Waals surface area contributed by atoms with Crippen molar-refractivity contribution in [2.45, 2.75) is 71.0 Å². The van der Waals surface area contributed by atoms with Gasteiger partial charge in [-0.2, -0.15) is 0 Å². The lowest BCUT2D eigenvalue weighted by Crippen LogP contribution is -2.43. The van der Waals surface area contributed by atoms with Crippen LogP contribution in [-0.2, 0) is 9.16 Å². The summed E-state index contributed by atoms with van der Waals surface area (Å²) < 4.78 is 14.0. The average Bonchev–Trinajstić information content (AvgIpc) is 2.91. The molecule has 1 aliphatic heterocycles. The van der Waals surface area contributed by atoms with Crippen LogP contribution in [0.4, 0.5) is 0 Å². The van der Waals surface area contributed by atoms with E-state index in [1.807, 2.05) is 6.08 Å². The Labute approximate surface area is 156 Å². The highest BCUT2D eigenvalue weighted by molar-refractivity contribution is 6.74. The summed E-state index contributed by atoms with van der Waals surface area (Å²) in [6.45, 7) is 17.1. The summed E-state index contributed by atoms with van der Waals surface area (Å²) in [6, 6.07) is 0. The van der Waals surface area contributed by atoms with Crippen LogP contribution >= 0.6 is 0 Å². The van der Waals surface area contributed by atoms with E-state index in [0.717, 1.165) is 6.42 Å². The van der Waals surface area contributed by atoms with E-state index in [1.165, 1.54) is 4.57 Å². The summed E-state index contributed by atoms with van der Waals surface area (Å²) in [4.78, 5) is 26.1. The Bertz CT molecular complexity index is 760. The fourth-order valence-corrected chi connectivity index (χ4v) is 3.92. The molecule has 6 nitrogen and oxygen atoms in total. The highest BCUT2D eigenvalue weighted by Crippen LogP contribution is 2.39. The van der Waals surface area contributed by atoms with Gasteiger partial charge in [-0.05, 0) is 43.8 Å². The zero-order valence-electron chi connectivity index (χ0n) is 16.8. The van der Waals surface area contributed by atoms with Gasteiger partial charge in [-0.15, -0.1) is 6.58 Å². The number of H-pyrrole nitrogens is 1. The molecule has 146 valence electrons. The van der Waals surface area contributed by atoms with E-state index in [-0.39, 0.29) is 22.6 Å². The van der Waals surface area contributed by atoms with Gasteiger partial charge in [0.15, 0.2) is 8.32 Å². The van der Waals surface area contributed by atoms with E-state index in [4.69, 9.17) is 9.16 Å². The minimum atomic E-state index is -1.88. The van der Waals surface area contributed by atoms with Crippen LogP contribution in [0.2, 0.25) is 18.1 Å². The summed E-state index contributed by atoms with van der Waals surface area (Å²) >= 11 is 0. The highest BCUT2D eigenvalue weighted by atomic mass is 28.4. The molecule has 7 heteroatoms. The van der Waals surface area contributed by atoms with Crippen molar-refractivity contribution in [3.05, 3.63) is 45.3 Å². The van der Waals surface area contributed by atoms with Crippen molar-refractivity contribution in [1.82, 2.24) is 9.55 Å². The predicted octanol–water partition coefficient (Wildman–Crippen LogP) is 3.35. The normalized spacial score (nSPS) is 24.0. The first-order chi connectivity index (χ1) is 12.0. The quantitative estimate of drug-likeness (QED) is 0.607. The van der Waals surface area contributed by atoms with E-state index in [1.54, 1.807) is 13.1 Å². The minimum absolute atomic E-state index is 0.0914. The molecule has 0 radical (unpaired) electrons. The van der Waals surface area contributed by atoms with Crippen molar-refractivity contribution < 1.29 is 9.16 Å². The first kappa shape index (κ1) is 20.9. The molecule has 0 bridgehead atoms. The maximum absolute atomic E-state index is 12.2. The number of aromatic nitrogens is 2. The second-order valence-electron chi connectivity index (χ2n) is 8.70. The number of hydrogen-bond donors (Lipinski definition) is 1. The molecule has 1 N–H and O–H groups in total. The molecule has 1 aromatic heterocycles. The number of hydrogen-bond acceptors (Lipinski definition) is 4. The molecule has 3 atom stereocenters. The number of aryl methyl sites for hydroxylation is 1. The first-order valence-electron chi connectivity index (χ1n) is 9.18. The third kappa shape index (κ3) is 4.45. The van der Waals surface area contributed by atoms with Crippen molar-refractivity contribution in [3.8, 4) is 0 Å². The Morgan fingerprint density at radius 1 is 1.42 bits per heavy atom. The average molecular weight is 381 g/mol. The van der Waals surface area contributed by atoms with Crippen molar-refractivity contribution in [2.75, 3.05) is 6.61 Å². The number of nitrogens with one attached hydrogen (secondary N) is 1. The molecule has 26 heavy (non-hydrogen) atoms. The number of nitrogens with zero attached hydrogens (tertiary/aromatic N) is 1. The third-order valence-electron chi connectivity index (χ3n) is 5.70. The van der Waals surface area contributed by atoms with Crippen LogP contribution in [0.1, 0.15) is 45.4 Å². The summed E-state index contributed by atoms with van der Waals surface area (Å²) in [5, 5.41) is 0.131. The first-order valence-corrected chi connectivity index (χ1v) is 12.1. The molecule has 0 spiro atoms. The van der Waals surface area contributed by atoms with E-state index >= 15 is 0 Å². The third-order valence-corrected chi connectivity index (χ3v) is 10.2. The van der Waals surface area contributed by atoms with Gasteiger partial charge in [-0.3, -0.25) is 14.3 Å². The van der Waals surface area contributed by atoms with Gasteiger partial charge in [0, 0.05) is 11.8 Å². The Morgan fingerprint density at radius 3 is 2.65 bits per heavy atom. The molecule has 2 heterocycles. The molecular weight excluding hydrogens is 348 g/mol. The minimum Gasteiger partial charge on any atom is -0.414 e. The van der Waals surface area contributed by atoms with Crippen LogP contribution in [0.5, 0.6) is 0 Å². The van der Waals surface area contributed by atoms with Crippen LogP contribution in [0.3, 0.4) is 0 Å². The second kappa shape index (κ2) is 7.66. The number of rotatable bonds is 6. The maximum Gasteiger partial charge on any atom is 0.330 e. The lowest BCUT2D eigenvalue weighted by atomic mass is 9.97. The van der Waals surface area contributed by atoms with Crippen LogP contribution in [0.25, 0.3) is 0 Å². The molecule has 0 saturated carbocycles. The monoisotopic (exact) mass is 380 g/mol. The van der Waals surface area contributed by atoms with Crippen LogP contribution < -0.4 is 11.2 Å². The zero-order valence-corrected chi connectivity index (χ0v) is 17.8. The number of allylic oxidation sites excluding steroid dienone is 1. The van der Waals surface area contributed by atoms with Crippen LogP contribution in [0.15, 0.2) is 28.4 Å². The van der Waals surface area contributed by atoms with Crippen LogP contribution in [0, 0.1) is 12.8 Å². The molecule has 0 aromatic carbocycles. The maximum atomic E-state index is 12.2. The van der Waals surface area contributed by atoms with Crippen LogP contribution in [-0.4, -0.2) is 30.6 Å². The fourth-order valence-electron chi connectivity index (χ4n) is 2.90. The van der Waals surface area contributed by atoms with E-state index in [0.29, 0.717) is 18.6 Å². The van der Waals surface area contributed by atoms with E-state index in [9.17, 15) is 9.59 Å². The molecule has 3 unspecified atom stereocenters. The van der Waals surface area contributed by atoms with Gasteiger partial charge < -0.3 is 9.16 Å².